The average Bonchev–Trinajstić information content (AvgIpc) is 2.79. The molecule has 1 amide bonds. The van der Waals surface area contributed by atoms with Crippen molar-refractivity contribution in [3.8, 4) is 11.5 Å². The van der Waals surface area contributed by atoms with Crippen LogP contribution in [-0.4, -0.2) is 59.0 Å². The first-order chi connectivity index (χ1) is 14.9. The SMILES string of the molecule is COC(=O)c1cc(N2CCOCC2)ccc1NC(=O)c1ccc(OC(F)F)c(OC)c1. The Morgan fingerprint density at radius 1 is 1.06 bits per heavy atom. The number of anilines is 2. The van der Waals surface area contributed by atoms with Crippen molar-refractivity contribution in [3.63, 3.8) is 0 Å². The number of nitrogens with zero attached hydrogens (tertiary/aromatic N) is 1. The first kappa shape index (κ1) is 22.3. The van der Waals surface area contributed by atoms with Gasteiger partial charge in [0.05, 0.1) is 38.7 Å². The molecule has 0 unspecified atom stereocenters. The van der Waals surface area contributed by atoms with Gasteiger partial charge in [-0.05, 0) is 36.4 Å². The minimum absolute atomic E-state index is 0.0243. The summed E-state index contributed by atoms with van der Waals surface area (Å²) < 4.78 is 44.6. The summed E-state index contributed by atoms with van der Waals surface area (Å²) in [6.07, 6.45) is 0. The fraction of sp³-hybridized carbons (Fsp3) is 0.333. The smallest absolute Gasteiger partial charge is 0.387 e. The molecule has 2 aromatic rings. The van der Waals surface area contributed by atoms with Gasteiger partial charge in [-0.2, -0.15) is 8.78 Å². The zero-order valence-corrected chi connectivity index (χ0v) is 17.0. The van der Waals surface area contributed by atoms with E-state index in [4.69, 9.17) is 14.2 Å². The molecule has 0 bridgehead atoms. The third-order valence-electron chi connectivity index (χ3n) is 4.67. The molecule has 10 heteroatoms. The van der Waals surface area contributed by atoms with E-state index < -0.39 is 18.5 Å². The molecule has 0 saturated carbocycles. The van der Waals surface area contributed by atoms with Gasteiger partial charge in [0.2, 0.25) is 0 Å². The topological polar surface area (TPSA) is 86.3 Å². The lowest BCUT2D eigenvalue weighted by Crippen LogP contribution is -2.36. The number of hydrogen-bond donors (Lipinski definition) is 1. The highest BCUT2D eigenvalue weighted by Crippen LogP contribution is 2.30. The predicted octanol–water partition coefficient (Wildman–Crippen LogP) is 3.17. The Hall–Kier alpha value is -3.40. The summed E-state index contributed by atoms with van der Waals surface area (Å²) in [5, 5.41) is 2.66. The molecule has 0 spiro atoms. The van der Waals surface area contributed by atoms with E-state index in [2.05, 4.69) is 15.0 Å². The molecule has 1 saturated heterocycles. The number of methoxy groups -OCH3 is 2. The van der Waals surface area contributed by atoms with Gasteiger partial charge in [-0.15, -0.1) is 0 Å². The van der Waals surface area contributed by atoms with Gasteiger partial charge < -0.3 is 29.2 Å². The van der Waals surface area contributed by atoms with Gasteiger partial charge in [-0.3, -0.25) is 4.79 Å². The first-order valence-corrected chi connectivity index (χ1v) is 9.42. The zero-order valence-electron chi connectivity index (χ0n) is 17.0. The molecule has 3 rings (SSSR count). The number of esters is 1. The maximum Gasteiger partial charge on any atom is 0.387 e. The van der Waals surface area contributed by atoms with Gasteiger partial charge in [0, 0.05) is 24.3 Å². The van der Waals surface area contributed by atoms with Crippen LogP contribution in [0.15, 0.2) is 36.4 Å². The van der Waals surface area contributed by atoms with Gasteiger partial charge in [-0.1, -0.05) is 0 Å². The minimum Gasteiger partial charge on any atom is -0.493 e. The third-order valence-corrected chi connectivity index (χ3v) is 4.67. The van der Waals surface area contributed by atoms with Crippen molar-refractivity contribution in [2.75, 3.05) is 50.7 Å². The second-order valence-corrected chi connectivity index (χ2v) is 6.52. The molecule has 2 aromatic carbocycles. The summed E-state index contributed by atoms with van der Waals surface area (Å²) in [7, 11) is 2.52. The van der Waals surface area contributed by atoms with Crippen LogP contribution in [0.25, 0.3) is 0 Å². The molecular formula is C21H22F2N2O6. The van der Waals surface area contributed by atoms with E-state index in [0.29, 0.717) is 26.3 Å². The van der Waals surface area contributed by atoms with Gasteiger partial charge in [0.15, 0.2) is 11.5 Å². The number of carbonyl (C=O) groups is 2. The molecular weight excluding hydrogens is 414 g/mol. The van der Waals surface area contributed by atoms with Crippen molar-refractivity contribution < 1.29 is 37.3 Å². The van der Waals surface area contributed by atoms with E-state index in [1.807, 2.05) is 0 Å². The van der Waals surface area contributed by atoms with Crippen LogP contribution >= 0.6 is 0 Å². The number of benzene rings is 2. The lowest BCUT2D eigenvalue weighted by molar-refractivity contribution is -0.0512. The summed E-state index contributed by atoms with van der Waals surface area (Å²) >= 11 is 0. The highest BCUT2D eigenvalue weighted by atomic mass is 19.3. The van der Waals surface area contributed by atoms with Crippen LogP contribution in [-0.2, 0) is 9.47 Å². The first-order valence-electron chi connectivity index (χ1n) is 9.42. The summed E-state index contributed by atoms with van der Waals surface area (Å²) in [6, 6.07) is 8.84. The fourth-order valence-corrected chi connectivity index (χ4v) is 3.13. The Morgan fingerprint density at radius 2 is 1.81 bits per heavy atom. The molecule has 8 nitrogen and oxygen atoms in total. The van der Waals surface area contributed by atoms with E-state index in [1.54, 1.807) is 18.2 Å². The standard InChI is InChI=1S/C21H22F2N2O6/c1-28-18-11-13(3-6-17(18)31-21(22)23)19(26)24-16-5-4-14(12-15(16)20(27)29-2)25-7-9-30-10-8-25/h3-6,11-12,21H,7-10H2,1-2H3,(H,24,26). The number of amides is 1. The fourth-order valence-electron chi connectivity index (χ4n) is 3.13. The predicted molar refractivity (Wildman–Crippen MR) is 108 cm³/mol. The van der Waals surface area contributed by atoms with E-state index in [0.717, 1.165) is 5.69 Å². The van der Waals surface area contributed by atoms with Gasteiger partial charge in [0.1, 0.15) is 0 Å². The highest BCUT2D eigenvalue weighted by Gasteiger charge is 2.20. The molecule has 31 heavy (non-hydrogen) atoms. The van der Waals surface area contributed by atoms with E-state index in [-0.39, 0.29) is 28.3 Å². The Bertz CT molecular complexity index is 947. The molecule has 0 aliphatic carbocycles. The Labute approximate surface area is 177 Å². The van der Waals surface area contributed by atoms with Crippen LogP contribution in [0.4, 0.5) is 20.2 Å². The molecule has 1 N–H and O–H groups in total. The molecule has 1 fully saturated rings. The van der Waals surface area contributed by atoms with Crippen molar-refractivity contribution >= 4 is 23.3 Å². The number of ether oxygens (including phenoxy) is 4. The van der Waals surface area contributed by atoms with Crippen molar-refractivity contribution in [3.05, 3.63) is 47.5 Å². The lowest BCUT2D eigenvalue weighted by Gasteiger charge is -2.29. The normalized spacial score (nSPS) is 13.6. The number of nitrogens with one attached hydrogen (secondary N) is 1. The third kappa shape index (κ3) is 5.40. The van der Waals surface area contributed by atoms with Crippen LogP contribution in [0.2, 0.25) is 0 Å². The van der Waals surface area contributed by atoms with Gasteiger partial charge in [0.25, 0.3) is 5.91 Å². The number of alkyl halides is 2. The van der Waals surface area contributed by atoms with Crippen LogP contribution in [0.3, 0.4) is 0 Å². The number of rotatable bonds is 7. The summed E-state index contributed by atoms with van der Waals surface area (Å²) in [6.45, 7) is -0.502. The highest BCUT2D eigenvalue weighted by molar-refractivity contribution is 6.08. The number of halogens is 2. The van der Waals surface area contributed by atoms with Crippen LogP contribution in [0, 0.1) is 0 Å². The van der Waals surface area contributed by atoms with E-state index in [9.17, 15) is 18.4 Å². The number of morpholine rings is 1. The molecule has 1 aliphatic heterocycles. The number of hydrogen-bond acceptors (Lipinski definition) is 7. The Kier molecular flexibility index (Phi) is 7.24. The second kappa shape index (κ2) is 10.1. The van der Waals surface area contributed by atoms with Crippen LogP contribution in [0.1, 0.15) is 20.7 Å². The van der Waals surface area contributed by atoms with E-state index in [1.165, 1.54) is 32.4 Å². The van der Waals surface area contributed by atoms with Crippen molar-refractivity contribution in [1.82, 2.24) is 0 Å². The van der Waals surface area contributed by atoms with E-state index >= 15 is 0 Å². The summed E-state index contributed by atoms with van der Waals surface area (Å²) in [5.41, 5.74) is 1.37. The average molecular weight is 436 g/mol. The lowest BCUT2D eigenvalue weighted by atomic mass is 10.1. The molecule has 1 aliphatic rings. The molecule has 0 radical (unpaired) electrons. The number of carbonyl (C=O) groups excluding carboxylic acids is 2. The van der Waals surface area contributed by atoms with Crippen molar-refractivity contribution in [1.29, 1.82) is 0 Å². The second-order valence-electron chi connectivity index (χ2n) is 6.52. The maximum atomic E-state index is 12.7. The van der Waals surface area contributed by atoms with Gasteiger partial charge in [-0.25, -0.2) is 4.79 Å². The summed E-state index contributed by atoms with van der Waals surface area (Å²) in [5.74, 6) is -1.39. The van der Waals surface area contributed by atoms with Crippen molar-refractivity contribution in [2.45, 2.75) is 6.61 Å². The van der Waals surface area contributed by atoms with Crippen molar-refractivity contribution in [2.24, 2.45) is 0 Å². The zero-order chi connectivity index (χ0) is 22.4. The maximum absolute atomic E-state index is 12.7. The quantitative estimate of drug-likeness (QED) is 0.667. The Balaban J connectivity index is 1.85. The van der Waals surface area contributed by atoms with Gasteiger partial charge >= 0.3 is 12.6 Å². The van der Waals surface area contributed by atoms with Crippen LogP contribution < -0.4 is 19.7 Å². The molecule has 0 atom stereocenters. The summed E-state index contributed by atoms with van der Waals surface area (Å²) in [4.78, 5) is 27.1. The largest absolute Gasteiger partial charge is 0.493 e. The minimum atomic E-state index is -3.03. The molecule has 166 valence electrons. The molecule has 1 heterocycles. The Morgan fingerprint density at radius 3 is 2.45 bits per heavy atom. The monoisotopic (exact) mass is 436 g/mol. The molecule has 0 aromatic heterocycles. The van der Waals surface area contributed by atoms with Crippen LogP contribution in [0.5, 0.6) is 11.5 Å².